The molecule has 0 bridgehead atoms. The average Bonchev–Trinajstić information content (AvgIpc) is 3.15. The highest BCUT2D eigenvalue weighted by Gasteiger charge is 2.33. The monoisotopic (exact) mass is 391 g/mol. The first kappa shape index (κ1) is 20.5. The van der Waals surface area contributed by atoms with Gasteiger partial charge in [0.25, 0.3) is 5.91 Å². The smallest absolute Gasteiger partial charge is 0.339 e. The van der Waals surface area contributed by atoms with E-state index in [2.05, 4.69) is 5.32 Å². The first-order chi connectivity index (χ1) is 11.9. The zero-order chi connectivity index (χ0) is 18.0. The van der Waals surface area contributed by atoms with Crippen LogP contribution in [0.5, 0.6) is 0 Å². The molecule has 26 heavy (non-hydrogen) atoms. The molecular weight excluding hydrogens is 371 g/mol. The normalized spacial score (nSPS) is 20.7. The molecule has 2 aliphatic heterocycles. The molecule has 0 saturated carbocycles. The minimum atomic E-state index is -4.48. The van der Waals surface area contributed by atoms with Crippen LogP contribution >= 0.6 is 12.4 Å². The Morgan fingerprint density at radius 2 is 1.73 bits per heavy atom. The molecule has 1 unspecified atom stereocenters. The van der Waals surface area contributed by atoms with E-state index in [1.807, 2.05) is 0 Å². The highest BCUT2D eigenvalue weighted by Crippen LogP contribution is 2.29. The predicted molar refractivity (Wildman–Crippen MR) is 92.2 cm³/mol. The number of nitrogens with one attached hydrogen (secondary N) is 1. The van der Waals surface area contributed by atoms with Crippen molar-refractivity contribution in [3.8, 4) is 0 Å². The molecule has 0 aromatic heterocycles. The quantitative estimate of drug-likeness (QED) is 0.839. The van der Waals surface area contributed by atoms with Crippen molar-refractivity contribution in [1.82, 2.24) is 15.1 Å². The fourth-order valence-corrected chi connectivity index (χ4v) is 3.26. The lowest BCUT2D eigenvalue weighted by molar-refractivity contribution is -0.138. The van der Waals surface area contributed by atoms with E-state index in [1.165, 1.54) is 17.0 Å². The van der Waals surface area contributed by atoms with E-state index in [1.54, 1.807) is 4.90 Å². The minimum Gasteiger partial charge on any atom is -0.339 e. The van der Waals surface area contributed by atoms with Gasteiger partial charge in [-0.15, -0.1) is 12.4 Å². The highest BCUT2D eigenvalue weighted by atomic mass is 35.5. The summed E-state index contributed by atoms with van der Waals surface area (Å²) < 4.78 is 38.4. The van der Waals surface area contributed by atoms with Gasteiger partial charge in [0.15, 0.2) is 0 Å². The van der Waals surface area contributed by atoms with Gasteiger partial charge in [-0.3, -0.25) is 9.59 Å². The van der Waals surface area contributed by atoms with Crippen LogP contribution in [-0.2, 0) is 11.0 Å². The summed E-state index contributed by atoms with van der Waals surface area (Å²) in [6, 6.07) is 4.45. The van der Waals surface area contributed by atoms with Crippen molar-refractivity contribution in [3.05, 3.63) is 35.4 Å². The minimum absolute atomic E-state index is 0. The van der Waals surface area contributed by atoms with Crippen molar-refractivity contribution in [3.63, 3.8) is 0 Å². The van der Waals surface area contributed by atoms with E-state index in [4.69, 9.17) is 0 Å². The number of benzene rings is 1. The second-order valence-corrected chi connectivity index (χ2v) is 6.39. The topological polar surface area (TPSA) is 52.7 Å². The van der Waals surface area contributed by atoms with E-state index in [9.17, 15) is 22.8 Å². The molecule has 3 rings (SSSR count). The lowest BCUT2D eigenvalue weighted by Crippen LogP contribution is -2.52. The number of carbonyl (C=O) groups excluding carboxylic acids is 2. The lowest BCUT2D eigenvalue weighted by atomic mass is 10.1. The maximum absolute atomic E-state index is 12.8. The van der Waals surface area contributed by atoms with Gasteiger partial charge in [-0.25, -0.2) is 0 Å². The first-order valence-corrected chi connectivity index (χ1v) is 8.32. The number of hydrogen-bond acceptors (Lipinski definition) is 3. The summed E-state index contributed by atoms with van der Waals surface area (Å²) in [5.74, 6) is -0.345. The fraction of sp³-hybridized carbons (Fsp3) is 0.529. The molecule has 1 atom stereocenters. The van der Waals surface area contributed by atoms with Crippen LogP contribution in [0.1, 0.15) is 22.3 Å². The van der Waals surface area contributed by atoms with E-state index in [0.717, 1.165) is 25.1 Å². The number of halogens is 4. The zero-order valence-corrected chi connectivity index (χ0v) is 14.9. The molecule has 1 aromatic carbocycles. The molecule has 2 aliphatic rings. The molecule has 0 aliphatic carbocycles. The standard InChI is InChI=1S/C17H20F3N3O2.ClH/c18-17(19,20)14-3-1-2-12(10-14)15(24)22-6-8-23(9-7-22)16(25)13-4-5-21-11-13;/h1-3,10,13,21H,4-9,11H2;1H. The summed E-state index contributed by atoms with van der Waals surface area (Å²) in [5, 5.41) is 3.15. The number of amides is 2. The van der Waals surface area contributed by atoms with Gasteiger partial charge >= 0.3 is 6.18 Å². The molecule has 1 aromatic rings. The molecule has 2 amide bonds. The molecule has 0 radical (unpaired) electrons. The SMILES string of the molecule is Cl.O=C(c1cccc(C(F)(F)F)c1)N1CCN(C(=O)C2CCNC2)CC1. The van der Waals surface area contributed by atoms with Crippen molar-refractivity contribution in [2.45, 2.75) is 12.6 Å². The Labute approximate surface area is 155 Å². The van der Waals surface area contributed by atoms with Crippen molar-refractivity contribution in [2.24, 2.45) is 5.92 Å². The Balaban J connectivity index is 0.00000243. The van der Waals surface area contributed by atoms with E-state index < -0.39 is 17.6 Å². The number of piperazine rings is 1. The summed E-state index contributed by atoms with van der Waals surface area (Å²) in [7, 11) is 0. The Kier molecular flexibility index (Phi) is 6.52. The third-order valence-electron chi connectivity index (χ3n) is 4.72. The molecule has 5 nitrogen and oxygen atoms in total. The van der Waals surface area contributed by atoms with Crippen LogP contribution in [0.15, 0.2) is 24.3 Å². The highest BCUT2D eigenvalue weighted by molar-refractivity contribution is 5.94. The molecule has 144 valence electrons. The van der Waals surface area contributed by atoms with Gasteiger partial charge in [0, 0.05) is 38.3 Å². The Bertz CT molecular complexity index is 655. The van der Waals surface area contributed by atoms with Crippen molar-refractivity contribution in [2.75, 3.05) is 39.3 Å². The van der Waals surface area contributed by atoms with Crippen LogP contribution in [0, 0.1) is 5.92 Å². The summed E-state index contributed by atoms with van der Waals surface area (Å²) in [4.78, 5) is 28.1. The van der Waals surface area contributed by atoms with Gasteiger partial charge in [0.1, 0.15) is 0 Å². The molecular formula is C17H21ClF3N3O2. The molecule has 1 N–H and O–H groups in total. The van der Waals surface area contributed by atoms with Gasteiger partial charge in [-0.05, 0) is 31.2 Å². The third-order valence-corrected chi connectivity index (χ3v) is 4.72. The molecule has 2 saturated heterocycles. The number of alkyl halides is 3. The Hall–Kier alpha value is -1.80. The molecule has 9 heteroatoms. The van der Waals surface area contributed by atoms with E-state index in [-0.39, 0.29) is 29.8 Å². The van der Waals surface area contributed by atoms with E-state index >= 15 is 0 Å². The van der Waals surface area contributed by atoms with Crippen LogP contribution in [-0.4, -0.2) is 60.9 Å². The van der Waals surface area contributed by atoms with Gasteiger partial charge in [-0.1, -0.05) is 6.07 Å². The van der Waals surface area contributed by atoms with Gasteiger partial charge < -0.3 is 15.1 Å². The van der Waals surface area contributed by atoms with Crippen molar-refractivity contribution >= 4 is 24.2 Å². The summed E-state index contributed by atoms with van der Waals surface area (Å²) >= 11 is 0. The average molecular weight is 392 g/mol. The van der Waals surface area contributed by atoms with Gasteiger partial charge in [0.05, 0.1) is 11.5 Å². The molecule has 2 heterocycles. The number of hydrogen-bond donors (Lipinski definition) is 1. The fourth-order valence-electron chi connectivity index (χ4n) is 3.26. The van der Waals surface area contributed by atoms with Crippen molar-refractivity contribution in [1.29, 1.82) is 0 Å². The van der Waals surface area contributed by atoms with Crippen LogP contribution in [0.4, 0.5) is 13.2 Å². The predicted octanol–water partition coefficient (Wildman–Crippen LogP) is 2.02. The summed E-state index contributed by atoms with van der Waals surface area (Å²) in [6.07, 6.45) is -3.65. The largest absolute Gasteiger partial charge is 0.416 e. The maximum atomic E-state index is 12.8. The number of nitrogens with zero attached hydrogens (tertiary/aromatic N) is 2. The van der Waals surface area contributed by atoms with Crippen LogP contribution in [0.25, 0.3) is 0 Å². The van der Waals surface area contributed by atoms with Gasteiger partial charge in [-0.2, -0.15) is 13.2 Å². The van der Waals surface area contributed by atoms with Crippen LogP contribution in [0.2, 0.25) is 0 Å². The lowest BCUT2D eigenvalue weighted by Gasteiger charge is -2.36. The van der Waals surface area contributed by atoms with Crippen LogP contribution in [0.3, 0.4) is 0 Å². The number of rotatable bonds is 2. The Morgan fingerprint density at radius 3 is 2.31 bits per heavy atom. The van der Waals surface area contributed by atoms with Crippen LogP contribution < -0.4 is 5.32 Å². The second kappa shape index (κ2) is 8.26. The van der Waals surface area contributed by atoms with Crippen molar-refractivity contribution < 1.29 is 22.8 Å². The molecule has 2 fully saturated rings. The summed E-state index contributed by atoms with van der Waals surface area (Å²) in [6.45, 7) is 3.02. The van der Waals surface area contributed by atoms with Gasteiger partial charge in [0.2, 0.25) is 5.91 Å². The third kappa shape index (κ3) is 4.48. The second-order valence-electron chi connectivity index (χ2n) is 6.39. The van der Waals surface area contributed by atoms with E-state index in [0.29, 0.717) is 32.7 Å². The number of carbonyl (C=O) groups is 2. The summed E-state index contributed by atoms with van der Waals surface area (Å²) in [5.41, 5.74) is -0.810. The first-order valence-electron chi connectivity index (χ1n) is 8.32. The Morgan fingerprint density at radius 1 is 1.08 bits per heavy atom. The zero-order valence-electron chi connectivity index (χ0n) is 14.1. The maximum Gasteiger partial charge on any atom is 0.416 e. The molecule has 0 spiro atoms.